The maximum Gasteiger partial charge on any atom is 0.393 e. The van der Waals surface area contributed by atoms with Crippen LogP contribution >= 0.6 is 11.3 Å². The number of nitrogens with one attached hydrogen (secondary N) is 3. The molecular weight excluding hydrogens is 443 g/mol. The van der Waals surface area contributed by atoms with E-state index in [-0.39, 0.29) is 5.56 Å². The Labute approximate surface area is 194 Å². The van der Waals surface area contributed by atoms with Crippen LogP contribution in [-0.4, -0.2) is 30.8 Å². The van der Waals surface area contributed by atoms with Crippen molar-refractivity contribution in [2.75, 3.05) is 25.0 Å². The van der Waals surface area contributed by atoms with Crippen LogP contribution in [0.2, 0.25) is 0 Å². The van der Waals surface area contributed by atoms with Crippen molar-refractivity contribution >= 4 is 38.0 Å². The van der Waals surface area contributed by atoms with Gasteiger partial charge in [0.15, 0.2) is 0 Å². The van der Waals surface area contributed by atoms with E-state index in [4.69, 9.17) is 0 Å². The van der Waals surface area contributed by atoms with Gasteiger partial charge < -0.3 is 15.6 Å². The first kappa shape index (κ1) is 21.9. The molecule has 1 aliphatic heterocycles. The third-order valence-electron chi connectivity index (χ3n) is 6.17. The van der Waals surface area contributed by atoms with Gasteiger partial charge in [0.1, 0.15) is 0 Å². The summed E-state index contributed by atoms with van der Waals surface area (Å²) in [5, 5.41) is 8.61. The minimum atomic E-state index is -4.27. The highest BCUT2D eigenvalue weighted by atomic mass is 32.1. The lowest BCUT2D eigenvalue weighted by Gasteiger charge is -2.22. The minimum absolute atomic E-state index is 0.272. The molecule has 1 fully saturated rings. The Balaban J connectivity index is 1.36. The van der Waals surface area contributed by atoms with Crippen LogP contribution < -0.4 is 10.6 Å². The number of fused-ring (bicyclic) bond motifs is 2. The molecule has 170 valence electrons. The van der Waals surface area contributed by atoms with Crippen molar-refractivity contribution < 1.29 is 13.2 Å². The molecule has 0 unspecified atom stereocenters. The van der Waals surface area contributed by atoms with Crippen molar-refractivity contribution in [3.63, 3.8) is 0 Å². The molecule has 0 atom stereocenters. The van der Waals surface area contributed by atoms with Crippen LogP contribution in [0.5, 0.6) is 0 Å². The van der Waals surface area contributed by atoms with Gasteiger partial charge in [0.2, 0.25) is 0 Å². The Morgan fingerprint density at radius 1 is 1.03 bits per heavy atom. The van der Waals surface area contributed by atoms with Crippen LogP contribution in [0.25, 0.3) is 21.0 Å². The van der Waals surface area contributed by atoms with E-state index in [9.17, 15) is 13.2 Å². The number of aromatic nitrogens is 1. The third kappa shape index (κ3) is 4.73. The Bertz CT molecular complexity index is 1330. The number of H-pyrrole nitrogens is 1. The fraction of sp³-hybridized carbons (Fsp3) is 0.308. The molecule has 0 radical (unpaired) electrons. The van der Waals surface area contributed by atoms with Crippen molar-refractivity contribution in [2.24, 2.45) is 0 Å². The second-order valence-electron chi connectivity index (χ2n) is 8.35. The van der Waals surface area contributed by atoms with Crippen molar-refractivity contribution in [3.05, 3.63) is 64.7 Å². The van der Waals surface area contributed by atoms with E-state index >= 15 is 0 Å². The summed E-state index contributed by atoms with van der Waals surface area (Å²) in [5.74, 6) is 6.57. The van der Waals surface area contributed by atoms with Crippen LogP contribution in [-0.2, 0) is 6.42 Å². The Kier molecular flexibility index (Phi) is 6.05. The van der Waals surface area contributed by atoms with E-state index in [1.165, 1.54) is 22.3 Å². The third-order valence-corrected chi connectivity index (χ3v) is 7.30. The van der Waals surface area contributed by atoms with Gasteiger partial charge in [-0.1, -0.05) is 42.2 Å². The molecule has 0 amide bonds. The maximum atomic E-state index is 13.2. The van der Waals surface area contributed by atoms with E-state index in [0.29, 0.717) is 22.7 Å². The molecule has 3 N–H and O–H groups in total. The zero-order valence-electron chi connectivity index (χ0n) is 18.0. The lowest BCUT2D eigenvalue weighted by Crippen LogP contribution is -2.26. The number of hydrogen-bond acceptors (Lipinski definition) is 3. The van der Waals surface area contributed by atoms with Crippen molar-refractivity contribution in [1.82, 2.24) is 10.3 Å². The second-order valence-corrected chi connectivity index (χ2v) is 9.40. The van der Waals surface area contributed by atoms with Crippen LogP contribution in [0.4, 0.5) is 18.9 Å². The number of piperidine rings is 1. The van der Waals surface area contributed by atoms with E-state index in [1.807, 2.05) is 24.3 Å². The number of benzene rings is 2. The molecule has 1 saturated heterocycles. The molecule has 5 rings (SSSR count). The van der Waals surface area contributed by atoms with Gasteiger partial charge in [-0.2, -0.15) is 13.2 Å². The van der Waals surface area contributed by atoms with Gasteiger partial charge in [-0.15, -0.1) is 11.3 Å². The molecule has 3 heterocycles. The van der Waals surface area contributed by atoms with Crippen molar-refractivity contribution in [2.45, 2.75) is 31.4 Å². The molecule has 7 heteroatoms. The van der Waals surface area contributed by atoms with Crippen LogP contribution in [0.1, 0.15) is 34.8 Å². The first-order valence-corrected chi connectivity index (χ1v) is 11.9. The van der Waals surface area contributed by atoms with Gasteiger partial charge in [0, 0.05) is 16.3 Å². The Morgan fingerprint density at radius 2 is 1.82 bits per heavy atom. The predicted octanol–water partition coefficient (Wildman–Crippen LogP) is 6.42. The number of halogens is 3. The summed E-state index contributed by atoms with van der Waals surface area (Å²) < 4.78 is 40.3. The van der Waals surface area contributed by atoms with E-state index in [0.717, 1.165) is 41.8 Å². The first-order chi connectivity index (χ1) is 16.0. The summed E-state index contributed by atoms with van der Waals surface area (Å²) >= 11 is 1.32. The Morgan fingerprint density at radius 3 is 2.64 bits per heavy atom. The number of anilines is 1. The maximum absolute atomic E-state index is 13.2. The number of para-hydroxylation sites is 1. The standard InChI is InChI=1S/C26H24F3N3S/c27-26(28,29)15-20-18-5-1-2-8-23(18)33-24(20)9-4-12-31-22-7-3-6-19-21(16-32-25(19)22)17-10-13-30-14-11-17/h1-3,5-8,16-17,30-32H,10-15H2. The first-order valence-electron chi connectivity index (χ1n) is 11.1. The summed E-state index contributed by atoms with van der Waals surface area (Å²) in [4.78, 5) is 3.90. The number of alkyl halides is 3. The topological polar surface area (TPSA) is 39.8 Å². The largest absolute Gasteiger partial charge is 0.393 e. The molecule has 0 aliphatic carbocycles. The van der Waals surface area contributed by atoms with E-state index in [1.54, 1.807) is 12.1 Å². The lowest BCUT2D eigenvalue weighted by molar-refractivity contribution is -0.126. The SMILES string of the molecule is FC(F)(F)Cc1c(C#CCNc2cccc3c(C4CCNCC4)c[nH]c23)sc2ccccc12. The van der Waals surface area contributed by atoms with Crippen LogP contribution in [0, 0.1) is 11.8 Å². The van der Waals surface area contributed by atoms with Gasteiger partial charge in [-0.25, -0.2) is 0 Å². The summed E-state index contributed by atoms with van der Waals surface area (Å²) in [5.41, 5.74) is 3.62. The molecule has 0 saturated carbocycles. The fourth-order valence-electron chi connectivity index (χ4n) is 4.63. The molecule has 0 bridgehead atoms. The van der Waals surface area contributed by atoms with Crippen molar-refractivity contribution in [3.8, 4) is 11.8 Å². The van der Waals surface area contributed by atoms with E-state index < -0.39 is 12.6 Å². The Hall–Kier alpha value is -2.95. The second kappa shape index (κ2) is 9.12. The molecule has 2 aromatic heterocycles. The van der Waals surface area contributed by atoms with Gasteiger partial charge >= 0.3 is 6.18 Å². The van der Waals surface area contributed by atoms with Crippen LogP contribution in [0.3, 0.4) is 0 Å². The smallest absolute Gasteiger partial charge is 0.372 e. The lowest BCUT2D eigenvalue weighted by atomic mass is 9.90. The average molecular weight is 468 g/mol. The molecule has 4 aromatic rings. The zero-order chi connectivity index (χ0) is 22.8. The summed E-state index contributed by atoms with van der Waals surface area (Å²) in [6.07, 6.45) is -0.862. The number of aromatic amines is 1. The molecule has 33 heavy (non-hydrogen) atoms. The normalized spacial score (nSPS) is 15.0. The highest BCUT2D eigenvalue weighted by Crippen LogP contribution is 2.36. The van der Waals surface area contributed by atoms with Gasteiger partial charge in [0.05, 0.1) is 29.0 Å². The predicted molar refractivity (Wildman–Crippen MR) is 130 cm³/mol. The zero-order valence-corrected chi connectivity index (χ0v) is 18.8. The highest BCUT2D eigenvalue weighted by molar-refractivity contribution is 7.19. The number of hydrogen-bond donors (Lipinski definition) is 3. The van der Waals surface area contributed by atoms with Gasteiger partial charge in [0.25, 0.3) is 0 Å². The number of thiophene rings is 1. The van der Waals surface area contributed by atoms with Gasteiger partial charge in [-0.05, 0) is 60.5 Å². The summed E-state index contributed by atoms with van der Waals surface area (Å²) in [7, 11) is 0. The molecule has 3 nitrogen and oxygen atoms in total. The summed E-state index contributed by atoms with van der Waals surface area (Å²) in [6, 6.07) is 13.4. The summed E-state index contributed by atoms with van der Waals surface area (Å²) in [6.45, 7) is 2.43. The highest BCUT2D eigenvalue weighted by Gasteiger charge is 2.30. The molecule has 1 aliphatic rings. The van der Waals surface area contributed by atoms with E-state index in [2.05, 4.69) is 39.7 Å². The molecular formula is C26H24F3N3S. The average Bonchev–Trinajstić information content (AvgIpc) is 3.39. The fourth-order valence-corrected chi connectivity index (χ4v) is 5.73. The minimum Gasteiger partial charge on any atom is -0.372 e. The van der Waals surface area contributed by atoms with Crippen molar-refractivity contribution in [1.29, 1.82) is 0 Å². The van der Waals surface area contributed by atoms with Gasteiger partial charge in [-0.3, -0.25) is 0 Å². The monoisotopic (exact) mass is 467 g/mol. The molecule has 0 spiro atoms. The van der Waals surface area contributed by atoms with Crippen LogP contribution in [0.15, 0.2) is 48.7 Å². The quantitative estimate of drug-likeness (QED) is 0.303. The molecule has 2 aromatic carbocycles. The number of rotatable bonds is 4.